The third-order valence-corrected chi connectivity index (χ3v) is 4.06. The largest absolute Gasteiger partial charge is 0.324 e. The van der Waals surface area contributed by atoms with Crippen LogP contribution in [0.4, 0.5) is 5.69 Å². The molecule has 108 valence electrons. The summed E-state index contributed by atoms with van der Waals surface area (Å²) in [7, 11) is 0. The normalized spacial score (nSPS) is 17.1. The Kier molecular flexibility index (Phi) is 3.95. The zero-order valence-electron chi connectivity index (χ0n) is 11.8. The number of hydrogen-bond donors (Lipinski definition) is 2. The molecule has 0 saturated carbocycles. The van der Waals surface area contributed by atoms with Gasteiger partial charge in [0.2, 0.25) is 5.91 Å². The van der Waals surface area contributed by atoms with Crippen molar-refractivity contribution in [3.8, 4) is 0 Å². The number of aryl methyl sites for hydroxylation is 1. The zero-order chi connectivity index (χ0) is 14.8. The highest BCUT2D eigenvalue weighted by Gasteiger charge is 2.25. The van der Waals surface area contributed by atoms with Gasteiger partial charge < -0.3 is 10.6 Å². The molecule has 1 heterocycles. The Morgan fingerprint density at radius 1 is 1.29 bits per heavy atom. The lowest BCUT2D eigenvalue weighted by molar-refractivity contribution is -0.118. The molecule has 1 atom stereocenters. The smallest absolute Gasteiger partial charge is 0.246 e. The number of nitrogens with one attached hydrogen (secondary N) is 2. The van der Waals surface area contributed by atoms with E-state index < -0.39 is 0 Å². The Hall–Kier alpha value is -1.84. The first-order valence-electron chi connectivity index (χ1n) is 7.03. The number of fused-ring (bicyclic) bond motifs is 1. The van der Waals surface area contributed by atoms with E-state index in [0.717, 1.165) is 29.8 Å². The maximum absolute atomic E-state index is 12.6. The van der Waals surface area contributed by atoms with Crippen LogP contribution in [0.25, 0.3) is 0 Å². The summed E-state index contributed by atoms with van der Waals surface area (Å²) >= 11 is 6.00. The number of rotatable bonds is 2. The fourth-order valence-corrected chi connectivity index (χ4v) is 2.84. The molecule has 2 N–H and O–H groups in total. The Balaban J connectivity index is 1.85. The van der Waals surface area contributed by atoms with Gasteiger partial charge in [0, 0.05) is 17.3 Å². The summed E-state index contributed by atoms with van der Waals surface area (Å²) in [6, 6.07) is 13.3. The van der Waals surface area contributed by atoms with E-state index in [0.29, 0.717) is 5.02 Å². The molecule has 0 saturated heterocycles. The van der Waals surface area contributed by atoms with Gasteiger partial charge in [0.25, 0.3) is 0 Å². The summed E-state index contributed by atoms with van der Waals surface area (Å²) in [4.78, 5) is 12.6. The molecule has 21 heavy (non-hydrogen) atoms. The fourth-order valence-electron chi connectivity index (χ4n) is 2.67. The van der Waals surface area contributed by atoms with Gasteiger partial charge >= 0.3 is 0 Å². The van der Waals surface area contributed by atoms with Gasteiger partial charge in [-0.25, -0.2) is 0 Å². The molecule has 3 nitrogen and oxygen atoms in total. The highest BCUT2D eigenvalue weighted by atomic mass is 35.5. The van der Waals surface area contributed by atoms with Gasteiger partial charge in [0.1, 0.15) is 6.04 Å². The van der Waals surface area contributed by atoms with E-state index in [4.69, 9.17) is 11.6 Å². The van der Waals surface area contributed by atoms with Crippen LogP contribution in [0.5, 0.6) is 0 Å². The molecular weight excluding hydrogens is 284 g/mol. The van der Waals surface area contributed by atoms with Crippen molar-refractivity contribution in [2.45, 2.75) is 19.4 Å². The number of halogens is 1. The lowest BCUT2D eigenvalue weighted by Gasteiger charge is -2.26. The summed E-state index contributed by atoms with van der Waals surface area (Å²) in [5.74, 6) is -0.0486. The molecule has 0 radical (unpaired) electrons. The van der Waals surface area contributed by atoms with Crippen LogP contribution in [0.1, 0.15) is 22.7 Å². The minimum Gasteiger partial charge on any atom is -0.324 e. The molecule has 0 aromatic heterocycles. The predicted octanol–water partition coefficient (Wildman–Crippen LogP) is 3.47. The van der Waals surface area contributed by atoms with Gasteiger partial charge in [-0.2, -0.15) is 0 Å². The van der Waals surface area contributed by atoms with Crippen LogP contribution in [-0.4, -0.2) is 12.5 Å². The van der Waals surface area contributed by atoms with Crippen LogP contribution in [0.15, 0.2) is 42.5 Å². The van der Waals surface area contributed by atoms with E-state index in [1.807, 2.05) is 37.3 Å². The lowest BCUT2D eigenvalue weighted by atomic mass is 9.94. The molecule has 2 aromatic rings. The van der Waals surface area contributed by atoms with Crippen LogP contribution < -0.4 is 10.6 Å². The molecule has 1 amide bonds. The third-order valence-electron chi connectivity index (χ3n) is 3.83. The average Bonchev–Trinajstić information content (AvgIpc) is 2.50. The molecular formula is C17H17ClN2O. The van der Waals surface area contributed by atoms with Crippen LogP contribution >= 0.6 is 11.6 Å². The molecule has 0 aliphatic carbocycles. The van der Waals surface area contributed by atoms with Crippen LogP contribution in [0.2, 0.25) is 5.02 Å². The summed E-state index contributed by atoms with van der Waals surface area (Å²) in [6.07, 6.45) is 0.955. The summed E-state index contributed by atoms with van der Waals surface area (Å²) in [6.45, 7) is 2.76. The van der Waals surface area contributed by atoms with E-state index in [1.165, 1.54) is 5.56 Å². The second-order valence-electron chi connectivity index (χ2n) is 5.28. The number of amides is 1. The van der Waals surface area contributed by atoms with Gasteiger partial charge in [-0.15, -0.1) is 0 Å². The average molecular weight is 301 g/mol. The summed E-state index contributed by atoms with van der Waals surface area (Å²) in [5, 5.41) is 6.88. The van der Waals surface area contributed by atoms with Gasteiger partial charge in [0.15, 0.2) is 0 Å². The molecule has 4 heteroatoms. The molecule has 0 fully saturated rings. The summed E-state index contributed by atoms with van der Waals surface area (Å²) in [5.41, 5.74) is 4.05. The minimum absolute atomic E-state index is 0.0486. The second kappa shape index (κ2) is 5.88. The monoisotopic (exact) mass is 300 g/mol. The highest BCUT2D eigenvalue weighted by molar-refractivity contribution is 6.31. The number of anilines is 1. The van der Waals surface area contributed by atoms with E-state index >= 15 is 0 Å². The van der Waals surface area contributed by atoms with E-state index in [1.54, 1.807) is 6.07 Å². The Bertz CT molecular complexity index is 684. The number of carbonyl (C=O) groups excluding carboxylic acids is 1. The zero-order valence-corrected chi connectivity index (χ0v) is 12.6. The lowest BCUT2D eigenvalue weighted by Crippen LogP contribution is -2.38. The standard InChI is InChI=1S/C17H17ClN2O/c1-11-6-7-13(18)10-15(11)20-17(21)16-14-5-3-2-4-12(14)8-9-19-16/h2-7,10,16,19H,8-9H2,1H3,(H,20,21). The predicted molar refractivity (Wildman–Crippen MR) is 85.7 cm³/mol. The van der Waals surface area contributed by atoms with E-state index in [-0.39, 0.29) is 11.9 Å². The number of benzene rings is 2. The Labute approximate surface area is 129 Å². The fraction of sp³-hybridized carbons (Fsp3) is 0.235. The quantitative estimate of drug-likeness (QED) is 0.891. The number of hydrogen-bond acceptors (Lipinski definition) is 2. The van der Waals surface area contributed by atoms with Crippen LogP contribution in [0, 0.1) is 6.92 Å². The first-order chi connectivity index (χ1) is 10.1. The molecule has 0 bridgehead atoms. The first-order valence-corrected chi connectivity index (χ1v) is 7.41. The van der Waals surface area contributed by atoms with E-state index in [2.05, 4.69) is 16.7 Å². The van der Waals surface area contributed by atoms with Gasteiger partial charge in [-0.05, 0) is 42.2 Å². The molecule has 3 rings (SSSR count). The summed E-state index contributed by atoms with van der Waals surface area (Å²) < 4.78 is 0. The third kappa shape index (κ3) is 2.94. The maximum Gasteiger partial charge on any atom is 0.246 e. The highest BCUT2D eigenvalue weighted by Crippen LogP contribution is 2.26. The van der Waals surface area contributed by atoms with Crippen molar-refractivity contribution in [2.24, 2.45) is 0 Å². The van der Waals surface area contributed by atoms with Crippen LogP contribution in [0.3, 0.4) is 0 Å². The van der Waals surface area contributed by atoms with Crippen molar-refractivity contribution in [1.29, 1.82) is 0 Å². The van der Waals surface area contributed by atoms with E-state index in [9.17, 15) is 4.79 Å². The van der Waals surface area contributed by atoms with Crippen molar-refractivity contribution in [2.75, 3.05) is 11.9 Å². The van der Waals surface area contributed by atoms with Crippen LogP contribution in [-0.2, 0) is 11.2 Å². The topological polar surface area (TPSA) is 41.1 Å². The van der Waals surface area contributed by atoms with Crippen molar-refractivity contribution in [1.82, 2.24) is 5.32 Å². The Morgan fingerprint density at radius 3 is 2.95 bits per heavy atom. The SMILES string of the molecule is Cc1ccc(Cl)cc1NC(=O)C1NCCc2ccccc21. The first kappa shape index (κ1) is 14.1. The van der Waals surface area contributed by atoms with Crippen molar-refractivity contribution >= 4 is 23.2 Å². The molecule has 0 spiro atoms. The van der Waals surface area contributed by atoms with Gasteiger partial charge in [0.05, 0.1) is 0 Å². The van der Waals surface area contributed by atoms with Crippen molar-refractivity contribution < 1.29 is 4.79 Å². The van der Waals surface area contributed by atoms with Gasteiger partial charge in [-0.3, -0.25) is 4.79 Å². The maximum atomic E-state index is 12.6. The Morgan fingerprint density at radius 2 is 2.10 bits per heavy atom. The number of carbonyl (C=O) groups is 1. The van der Waals surface area contributed by atoms with Crippen molar-refractivity contribution in [3.63, 3.8) is 0 Å². The molecule has 1 aliphatic heterocycles. The van der Waals surface area contributed by atoms with Gasteiger partial charge in [-0.1, -0.05) is 41.9 Å². The minimum atomic E-state index is -0.312. The molecule has 1 aliphatic rings. The second-order valence-corrected chi connectivity index (χ2v) is 5.72. The van der Waals surface area contributed by atoms with Crippen molar-refractivity contribution in [3.05, 3.63) is 64.2 Å². The molecule has 1 unspecified atom stereocenters. The molecule has 2 aromatic carbocycles.